The number of benzene rings is 1. The van der Waals surface area contributed by atoms with E-state index in [2.05, 4.69) is 29.4 Å². The Kier molecular flexibility index (Phi) is 5.63. The standard InChI is InChI=1S/C16H21F2N3O/c1-10(2)14(6-7-22)19-8-11-9-20-21-16(11)15-12(17)4-3-5-13(15)18/h3-5,9-10,14,19,22H,6-8H2,1-2H3,(H,20,21). The van der Waals surface area contributed by atoms with E-state index >= 15 is 0 Å². The maximum Gasteiger partial charge on any atom is 0.135 e. The number of nitrogens with zero attached hydrogens (tertiary/aromatic N) is 1. The number of rotatable bonds is 7. The van der Waals surface area contributed by atoms with Crippen LogP contribution in [0.2, 0.25) is 0 Å². The van der Waals surface area contributed by atoms with Crippen LogP contribution in [0.25, 0.3) is 11.3 Å². The molecule has 1 heterocycles. The van der Waals surface area contributed by atoms with Gasteiger partial charge >= 0.3 is 0 Å². The van der Waals surface area contributed by atoms with Gasteiger partial charge in [0.25, 0.3) is 0 Å². The van der Waals surface area contributed by atoms with Crippen molar-refractivity contribution in [2.45, 2.75) is 32.9 Å². The lowest BCUT2D eigenvalue weighted by Crippen LogP contribution is -2.34. The largest absolute Gasteiger partial charge is 0.396 e. The third kappa shape index (κ3) is 3.69. The minimum absolute atomic E-state index is 0.0933. The molecule has 2 rings (SSSR count). The van der Waals surface area contributed by atoms with Crippen molar-refractivity contribution in [1.29, 1.82) is 0 Å². The highest BCUT2D eigenvalue weighted by atomic mass is 19.1. The molecule has 0 aliphatic rings. The van der Waals surface area contributed by atoms with E-state index in [-0.39, 0.29) is 18.2 Å². The van der Waals surface area contributed by atoms with Crippen molar-refractivity contribution >= 4 is 0 Å². The number of halogens is 2. The monoisotopic (exact) mass is 309 g/mol. The molecular weight excluding hydrogens is 288 g/mol. The molecule has 2 aromatic rings. The summed E-state index contributed by atoms with van der Waals surface area (Å²) in [4.78, 5) is 0. The van der Waals surface area contributed by atoms with Gasteiger partial charge < -0.3 is 10.4 Å². The number of hydrogen-bond donors (Lipinski definition) is 3. The third-order valence-corrected chi connectivity index (χ3v) is 3.73. The van der Waals surface area contributed by atoms with Crippen molar-refractivity contribution in [3.63, 3.8) is 0 Å². The Hall–Kier alpha value is -1.79. The van der Waals surface area contributed by atoms with Crippen LogP contribution in [0.3, 0.4) is 0 Å². The van der Waals surface area contributed by atoms with Crippen molar-refractivity contribution in [2.75, 3.05) is 6.61 Å². The van der Waals surface area contributed by atoms with Gasteiger partial charge in [-0.25, -0.2) is 8.78 Å². The van der Waals surface area contributed by atoms with Gasteiger partial charge in [-0.3, -0.25) is 5.10 Å². The average molecular weight is 309 g/mol. The van der Waals surface area contributed by atoms with Crippen LogP contribution in [-0.2, 0) is 6.54 Å². The number of aromatic nitrogens is 2. The van der Waals surface area contributed by atoms with E-state index in [4.69, 9.17) is 5.11 Å². The molecule has 0 radical (unpaired) electrons. The van der Waals surface area contributed by atoms with Crippen molar-refractivity contribution in [2.24, 2.45) is 5.92 Å². The molecule has 0 saturated heterocycles. The van der Waals surface area contributed by atoms with E-state index < -0.39 is 11.6 Å². The van der Waals surface area contributed by atoms with Gasteiger partial charge in [0.1, 0.15) is 11.6 Å². The zero-order valence-electron chi connectivity index (χ0n) is 12.7. The Morgan fingerprint density at radius 3 is 2.55 bits per heavy atom. The van der Waals surface area contributed by atoms with Gasteiger partial charge in [-0.1, -0.05) is 19.9 Å². The Balaban J connectivity index is 2.20. The lowest BCUT2D eigenvalue weighted by molar-refractivity contribution is 0.244. The first-order valence-electron chi connectivity index (χ1n) is 7.35. The van der Waals surface area contributed by atoms with Crippen LogP contribution in [0.4, 0.5) is 8.78 Å². The smallest absolute Gasteiger partial charge is 0.135 e. The summed E-state index contributed by atoms with van der Waals surface area (Å²) in [6.07, 6.45) is 2.18. The quantitative estimate of drug-likeness (QED) is 0.737. The third-order valence-electron chi connectivity index (χ3n) is 3.73. The zero-order chi connectivity index (χ0) is 16.1. The maximum atomic E-state index is 13.9. The van der Waals surface area contributed by atoms with Crippen LogP contribution in [0.15, 0.2) is 24.4 Å². The second-order valence-electron chi connectivity index (χ2n) is 5.61. The summed E-state index contributed by atoms with van der Waals surface area (Å²) >= 11 is 0. The molecule has 120 valence electrons. The fourth-order valence-corrected chi connectivity index (χ4v) is 2.45. The minimum atomic E-state index is -0.624. The lowest BCUT2D eigenvalue weighted by atomic mass is 10.0. The van der Waals surface area contributed by atoms with Crippen LogP contribution in [0, 0.1) is 17.6 Å². The van der Waals surface area contributed by atoms with Gasteiger partial charge in [0.2, 0.25) is 0 Å². The second-order valence-corrected chi connectivity index (χ2v) is 5.61. The molecule has 0 bridgehead atoms. The van der Waals surface area contributed by atoms with E-state index in [1.54, 1.807) is 6.20 Å². The Labute approximate surface area is 128 Å². The normalized spacial score (nSPS) is 12.8. The molecule has 0 aliphatic carbocycles. The summed E-state index contributed by atoms with van der Waals surface area (Å²) < 4.78 is 27.8. The molecule has 1 aromatic heterocycles. The van der Waals surface area contributed by atoms with Crippen molar-refractivity contribution in [3.05, 3.63) is 41.6 Å². The molecule has 0 aliphatic heterocycles. The Bertz CT molecular complexity index is 593. The molecule has 1 atom stereocenters. The number of hydrogen-bond acceptors (Lipinski definition) is 3. The number of aliphatic hydroxyl groups excluding tert-OH is 1. The summed E-state index contributed by atoms with van der Waals surface area (Å²) in [6.45, 7) is 4.62. The predicted molar refractivity (Wildman–Crippen MR) is 81.1 cm³/mol. The zero-order valence-corrected chi connectivity index (χ0v) is 12.7. The molecule has 22 heavy (non-hydrogen) atoms. The summed E-state index contributed by atoms with van der Waals surface area (Å²) in [5.74, 6) is -0.907. The van der Waals surface area contributed by atoms with E-state index in [1.165, 1.54) is 18.2 Å². The highest BCUT2D eigenvalue weighted by molar-refractivity contribution is 5.64. The van der Waals surface area contributed by atoms with Crippen LogP contribution >= 0.6 is 0 Å². The first-order valence-corrected chi connectivity index (χ1v) is 7.35. The predicted octanol–water partition coefficient (Wildman–Crippen LogP) is 2.85. The molecule has 0 fully saturated rings. The second kappa shape index (κ2) is 7.47. The number of aliphatic hydroxyl groups is 1. The average Bonchev–Trinajstić information content (AvgIpc) is 2.91. The fourth-order valence-electron chi connectivity index (χ4n) is 2.45. The van der Waals surface area contributed by atoms with Gasteiger partial charge in [0.05, 0.1) is 17.5 Å². The van der Waals surface area contributed by atoms with Crippen LogP contribution in [0.5, 0.6) is 0 Å². The molecule has 0 saturated carbocycles. The van der Waals surface area contributed by atoms with Crippen molar-refractivity contribution in [1.82, 2.24) is 15.5 Å². The number of nitrogens with one attached hydrogen (secondary N) is 2. The molecule has 0 amide bonds. The van der Waals surface area contributed by atoms with Gasteiger partial charge in [0, 0.05) is 24.8 Å². The summed E-state index contributed by atoms with van der Waals surface area (Å²) in [6, 6.07) is 3.90. The molecule has 3 N–H and O–H groups in total. The topological polar surface area (TPSA) is 60.9 Å². The summed E-state index contributed by atoms with van der Waals surface area (Å²) in [7, 11) is 0. The van der Waals surface area contributed by atoms with Gasteiger partial charge in [-0.15, -0.1) is 0 Å². The van der Waals surface area contributed by atoms with Crippen molar-refractivity contribution in [3.8, 4) is 11.3 Å². The Morgan fingerprint density at radius 1 is 1.27 bits per heavy atom. The maximum absolute atomic E-state index is 13.9. The molecule has 1 unspecified atom stereocenters. The highest BCUT2D eigenvalue weighted by Gasteiger charge is 2.18. The SMILES string of the molecule is CC(C)C(CCO)NCc1cn[nH]c1-c1c(F)cccc1F. The molecule has 4 nitrogen and oxygen atoms in total. The number of H-pyrrole nitrogens is 1. The van der Waals surface area contributed by atoms with E-state index in [0.717, 1.165) is 0 Å². The van der Waals surface area contributed by atoms with Gasteiger partial charge in [-0.2, -0.15) is 5.10 Å². The fraction of sp³-hybridized carbons (Fsp3) is 0.438. The summed E-state index contributed by atoms with van der Waals surface area (Å²) in [5.41, 5.74) is 0.933. The molecular formula is C16H21F2N3O. The minimum Gasteiger partial charge on any atom is -0.396 e. The number of aromatic amines is 1. The van der Waals surface area contributed by atoms with Crippen molar-refractivity contribution < 1.29 is 13.9 Å². The van der Waals surface area contributed by atoms with Crippen LogP contribution in [-0.4, -0.2) is 28.0 Å². The lowest BCUT2D eigenvalue weighted by Gasteiger charge is -2.21. The van der Waals surface area contributed by atoms with E-state index in [1.807, 2.05) is 0 Å². The summed E-state index contributed by atoms with van der Waals surface area (Å²) in [5, 5.41) is 19.0. The first kappa shape index (κ1) is 16.6. The Morgan fingerprint density at radius 2 is 1.95 bits per heavy atom. The van der Waals surface area contributed by atoms with Crippen LogP contribution < -0.4 is 5.32 Å². The van der Waals surface area contributed by atoms with Gasteiger partial charge in [-0.05, 0) is 24.5 Å². The molecule has 6 heteroatoms. The van der Waals surface area contributed by atoms with E-state index in [0.29, 0.717) is 30.1 Å². The molecule has 1 aromatic carbocycles. The van der Waals surface area contributed by atoms with Crippen LogP contribution in [0.1, 0.15) is 25.8 Å². The first-order chi connectivity index (χ1) is 10.5. The molecule has 0 spiro atoms. The van der Waals surface area contributed by atoms with Gasteiger partial charge in [0.15, 0.2) is 0 Å². The highest BCUT2D eigenvalue weighted by Crippen LogP contribution is 2.27. The van der Waals surface area contributed by atoms with E-state index in [9.17, 15) is 8.78 Å².